The number of nitrogens with zero attached hydrogens (tertiary/aromatic N) is 3. The predicted octanol–water partition coefficient (Wildman–Crippen LogP) is 2.38. The van der Waals surface area contributed by atoms with Crippen molar-refractivity contribution in [3.63, 3.8) is 0 Å². The van der Waals surface area contributed by atoms with Crippen LogP contribution in [0.4, 0.5) is 0 Å². The minimum atomic E-state index is -1.88. The van der Waals surface area contributed by atoms with E-state index in [1.807, 2.05) is 19.1 Å². The molecule has 0 aliphatic carbocycles. The molecule has 0 saturated carbocycles. The van der Waals surface area contributed by atoms with Gasteiger partial charge < -0.3 is 14.5 Å². The summed E-state index contributed by atoms with van der Waals surface area (Å²) in [5.74, 6) is -2.19. The van der Waals surface area contributed by atoms with E-state index in [0.717, 1.165) is 0 Å². The molecule has 3 heterocycles. The maximum atomic E-state index is 9.89. The van der Waals surface area contributed by atoms with Gasteiger partial charge in [0, 0.05) is 18.3 Å². The van der Waals surface area contributed by atoms with Gasteiger partial charge in [-0.3, -0.25) is 5.41 Å². The second kappa shape index (κ2) is 4.59. The smallest absolute Gasteiger partial charge is 0.217 e. The summed E-state index contributed by atoms with van der Waals surface area (Å²) in [6.07, 6.45) is 1.04. The number of hydrogen-bond donors (Lipinski definition) is 2. The Bertz CT molecular complexity index is 767. The first kappa shape index (κ1) is 15.1. The van der Waals surface area contributed by atoms with Gasteiger partial charge in [0.25, 0.3) is 0 Å². The summed E-state index contributed by atoms with van der Waals surface area (Å²) in [5, 5.41) is 37.8. The van der Waals surface area contributed by atoms with Crippen LogP contribution in [0.2, 0.25) is 0 Å². The van der Waals surface area contributed by atoms with Crippen molar-refractivity contribution in [2.24, 2.45) is 16.7 Å². The molecule has 0 radical (unpaired) electrons. The third-order valence-electron chi connectivity index (χ3n) is 5.20. The van der Waals surface area contributed by atoms with Crippen LogP contribution in [0.3, 0.4) is 0 Å². The van der Waals surface area contributed by atoms with Crippen molar-refractivity contribution >= 4 is 5.90 Å². The molecule has 2 aliphatic rings. The van der Waals surface area contributed by atoms with E-state index < -0.39 is 28.6 Å². The number of aromatic nitrogens is 1. The third-order valence-corrected chi connectivity index (χ3v) is 5.20. The van der Waals surface area contributed by atoms with Gasteiger partial charge in [-0.25, -0.2) is 0 Å². The zero-order valence-electron chi connectivity index (χ0n) is 12.8. The monoisotopic (exact) mass is 309 g/mol. The minimum absolute atomic E-state index is 0.369. The number of fused-ring (bicyclic) bond motifs is 2. The van der Waals surface area contributed by atoms with Crippen LogP contribution in [0, 0.1) is 56.2 Å². The van der Waals surface area contributed by atoms with Crippen molar-refractivity contribution in [1.29, 1.82) is 21.2 Å². The summed E-state index contributed by atoms with van der Waals surface area (Å²) >= 11 is 0. The summed E-state index contributed by atoms with van der Waals surface area (Å²) in [4.78, 5) is 2.95. The Balaban J connectivity index is 2.35. The predicted molar refractivity (Wildman–Crippen MR) is 77.3 cm³/mol. The van der Waals surface area contributed by atoms with Crippen LogP contribution in [-0.4, -0.2) is 16.7 Å². The molecule has 4 unspecified atom stereocenters. The lowest BCUT2D eigenvalue weighted by Crippen LogP contribution is -2.58. The van der Waals surface area contributed by atoms with Crippen LogP contribution < -0.4 is 0 Å². The molecule has 116 valence electrons. The van der Waals surface area contributed by atoms with Crippen molar-refractivity contribution in [2.45, 2.75) is 32.2 Å². The van der Waals surface area contributed by atoms with E-state index in [0.29, 0.717) is 12.1 Å². The molecule has 7 nitrogen and oxygen atoms in total. The summed E-state index contributed by atoms with van der Waals surface area (Å²) in [5.41, 5.74) is -3.05. The molecular weight excluding hydrogens is 294 g/mol. The van der Waals surface area contributed by atoms with Crippen molar-refractivity contribution in [2.75, 3.05) is 0 Å². The van der Waals surface area contributed by atoms with Gasteiger partial charge in [0.2, 0.25) is 17.1 Å². The molecule has 3 rings (SSSR count). The summed E-state index contributed by atoms with van der Waals surface area (Å²) < 4.78 is 11.7. The number of nitrogens with one attached hydrogen (secondary N) is 2. The highest BCUT2D eigenvalue weighted by Gasteiger charge is 2.79. The Morgan fingerprint density at radius 2 is 2.00 bits per heavy atom. The molecule has 2 N–H and O–H groups in total. The number of ether oxygens (including phenoxy) is 2. The van der Waals surface area contributed by atoms with Gasteiger partial charge in [0.15, 0.2) is 5.41 Å². The van der Waals surface area contributed by atoms with Crippen molar-refractivity contribution in [3.8, 4) is 18.2 Å². The first-order valence-electron chi connectivity index (χ1n) is 7.31. The van der Waals surface area contributed by atoms with E-state index in [2.05, 4.69) is 11.1 Å². The largest absolute Gasteiger partial charge is 0.447 e. The fourth-order valence-electron chi connectivity index (χ4n) is 3.83. The average Bonchev–Trinajstić information content (AvgIpc) is 3.14. The van der Waals surface area contributed by atoms with E-state index in [1.165, 1.54) is 0 Å². The van der Waals surface area contributed by atoms with Crippen LogP contribution in [0.1, 0.15) is 32.1 Å². The Morgan fingerprint density at radius 1 is 1.30 bits per heavy atom. The van der Waals surface area contributed by atoms with Crippen LogP contribution in [0.25, 0.3) is 0 Å². The minimum Gasteiger partial charge on any atom is -0.447 e. The topological polar surface area (TPSA) is 129 Å². The quantitative estimate of drug-likeness (QED) is 0.866. The zero-order chi connectivity index (χ0) is 16.9. The second-order valence-corrected chi connectivity index (χ2v) is 5.89. The molecule has 0 amide bonds. The molecular formula is C16H15N5O2. The molecule has 4 atom stereocenters. The highest BCUT2D eigenvalue weighted by molar-refractivity contribution is 5.89. The molecule has 0 aromatic carbocycles. The Morgan fingerprint density at radius 3 is 2.48 bits per heavy atom. The summed E-state index contributed by atoms with van der Waals surface area (Å²) in [6.45, 7) is 3.53. The lowest BCUT2D eigenvalue weighted by atomic mass is 9.54. The molecule has 2 fully saturated rings. The molecule has 1 aromatic rings. The normalized spacial score (nSPS) is 37.3. The molecule has 2 bridgehead atoms. The summed E-state index contributed by atoms with van der Waals surface area (Å²) in [7, 11) is 0. The van der Waals surface area contributed by atoms with Crippen molar-refractivity contribution in [3.05, 3.63) is 24.0 Å². The molecule has 2 saturated heterocycles. The highest BCUT2D eigenvalue weighted by atomic mass is 16.7. The average molecular weight is 309 g/mol. The highest BCUT2D eigenvalue weighted by Crippen LogP contribution is 2.66. The molecule has 2 aliphatic heterocycles. The fourth-order valence-corrected chi connectivity index (χ4v) is 3.83. The fraction of sp³-hybridized carbons (Fsp3) is 0.500. The van der Waals surface area contributed by atoms with E-state index in [4.69, 9.17) is 14.9 Å². The van der Waals surface area contributed by atoms with Gasteiger partial charge in [-0.1, -0.05) is 13.8 Å². The van der Waals surface area contributed by atoms with Crippen LogP contribution in [0.15, 0.2) is 18.3 Å². The van der Waals surface area contributed by atoms with Gasteiger partial charge in [-0.15, -0.1) is 0 Å². The molecule has 23 heavy (non-hydrogen) atoms. The first-order valence-corrected chi connectivity index (χ1v) is 7.31. The van der Waals surface area contributed by atoms with E-state index in [-0.39, 0.29) is 5.90 Å². The number of nitriles is 3. The standard InChI is InChI=1S/C16H15N5O2/c1-3-16-10(2)15(9-19,13(20)23-16)14(7-17,8-18)12(22-16)11-5-4-6-21-11/h4-6,10,12,20-21H,3H2,1-2H3. The van der Waals surface area contributed by atoms with Crippen LogP contribution in [0.5, 0.6) is 0 Å². The van der Waals surface area contributed by atoms with Crippen molar-refractivity contribution < 1.29 is 9.47 Å². The number of rotatable bonds is 2. The number of hydrogen-bond acceptors (Lipinski definition) is 6. The van der Waals surface area contributed by atoms with E-state index in [1.54, 1.807) is 25.3 Å². The Labute approximate surface area is 133 Å². The number of H-pyrrole nitrogens is 1. The first-order chi connectivity index (χ1) is 11.0. The second-order valence-electron chi connectivity index (χ2n) is 5.89. The zero-order valence-corrected chi connectivity index (χ0v) is 12.8. The molecule has 1 aromatic heterocycles. The maximum absolute atomic E-state index is 9.89. The lowest BCUT2D eigenvalue weighted by molar-refractivity contribution is -0.281. The van der Waals surface area contributed by atoms with Gasteiger partial charge in [0.1, 0.15) is 6.10 Å². The van der Waals surface area contributed by atoms with E-state index in [9.17, 15) is 15.8 Å². The Hall–Kier alpha value is -2.82. The van der Waals surface area contributed by atoms with Crippen molar-refractivity contribution in [1.82, 2.24) is 4.98 Å². The SMILES string of the molecule is CCC12OC(=N)C(C#N)(C1C)C(C#N)(C#N)C(c1ccc[nH]1)O2. The molecule has 7 heteroatoms. The Kier molecular flexibility index (Phi) is 3.01. The van der Waals surface area contributed by atoms with Crippen LogP contribution in [-0.2, 0) is 9.47 Å². The van der Waals surface area contributed by atoms with Gasteiger partial charge in [0.05, 0.1) is 24.1 Å². The third kappa shape index (κ3) is 1.42. The van der Waals surface area contributed by atoms with Gasteiger partial charge in [-0.2, -0.15) is 15.8 Å². The van der Waals surface area contributed by atoms with E-state index >= 15 is 0 Å². The maximum Gasteiger partial charge on any atom is 0.217 e. The lowest BCUT2D eigenvalue weighted by Gasteiger charge is -2.48. The van der Waals surface area contributed by atoms with Gasteiger partial charge >= 0.3 is 0 Å². The summed E-state index contributed by atoms with van der Waals surface area (Å²) in [6, 6.07) is 9.44. The molecule has 0 spiro atoms. The van der Waals surface area contributed by atoms with Crippen LogP contribution >= 0.6 is 0 Å². The van der Waals surface area contributed by atoms with Gasteiger partial charge in [-0.05, 0) is 12.1 Å². The number of aromatic amines is 1.